The summed E-state index contributed by atoms with van der Waals surface area (Å²) in [7, 11) is 0. The molecule has 8 heteroatoms. The first-order valence-corrected chi connectivity index (χ1v) is 8.43. The van der Waals surface area contributed by atoms with Crippen molar-refractivity contribution < 1.29 is 9.18 Å². The predicted octanol–water partition coefficient (Wildman–Crippen LogP) is 2.12. The lowest BCUT2D eigenvalue weighted by atomic mass is 10.0. The molecule has 0 bridgehead atoms. The van der Waals surface area contributed by atoms with E-state index in [0.29, 0.717) is 6.54 Å². The van der Waals surface area contributed by atoms with Crippen molar-refractivity contribution in [2.45, 2.75) is 33.0 Å². The number of benzene rings is 1. The van der Waals surface area contributed by atoms with Crippen LogP contribution in [0.1, 0.15) is 13.8 Å². The largest absolute Gasteiger partial charge is 0.350 e. The van der Waals surface area contributed by atoms with Crippen LogP contribution in [0.3, 0.4) is 0 Å². The molecule has 3 aromatic rings. The van der Waals surface area contributed by atoms with E-state index in [9.17, 15) is 9.18 Å². The lowest BCUT2D eigenvalue weighted by Crippen LogP contribution is -2.43. The highest BCUT2D eigenvalue weighted by Crippen LogP contribution is 2.18. The van der Waals surface area contributed by atoms with Gasteiger partial charge in [-0.25, -0.2) is 4.39 Å². The summed E-state index contributed by atoms with van der Waals surface area (Å²) in [5.74, 6) is -0.186. The molecule has 7 nitrogen and oxygen atoms in total. The fraction of sp³-hybridized carbons (Fsp3) is 0.333. The maximum Gasteiger partial charge on any atom is 0.242 e. The standard InChI is InChI=1S/C18H21FN6O/c1-13(2)17(11-25-20-7-8-21-25)23-18(26)12-24-10-15(9-22-24)14-3-5-16(19)6-4-14/h3-10,13,17H,11-12H2,1-2H3,(H,23,26). The molecule has 0 saturated carbocycles. The Labute approximate surface area is 150 Å². The van der Waals surface area contributed by atoms with E-state index in [1.54, 1.807) is 46.4 Å². The van der Waals surface area contributed by atoms with Gasteiger partial charge in [-0.1, -0.05) is 26.0 Å². The molecule has 0 spiro atoms. The highest BCUT2D eigenvalue weighted by molar-refractivity contribution is 5.76. The van der Waals surface area contributed by atoms with Gasteiger partial charge in [0.15, 0.2) is 0 Å². The number of halogens is 1. The van der Waals surface area contributed by atoms with Crippen molar-refractivity contribution in [2.24, 2.45) is 5.92 Å². The van der Waals surface area contributed by atoms with Gasteiger partial charge in [-0.2, -0.15) is 20.1 Å². The zero-order valence-corrected chi connectivity index (χ0v) is 14.7. The normalized spacial score (nSPS) is 12.3. The molecule has 1 N–H and O–H groups in total. The molecule has 1 atom stereocenters. The van der Waals surface area contributed by atoms with Crippen molar-refractivity contribution in [1.82, 2.24) is 30.1 Å². The van der Waals surface area contributed by atoms with E-state index in [1.165, 1.54) is 12.1 Å². The van der Waals surface area contributed by atoms with Crippen LogP contribution in [-0.4, -0.2) is 36.7 Å². The molecule has 0 saturated heterocycles. The Morgan fingerprint density at radius 1 is 1.12 bits per heavy atom. The van der Waals surface area contributed by atoms with Gasteiger partial charge < -0.3 is 5.32 Å². The van der Waals surface area contributed by atoms with E-state index in [-0.39, 0.29) is 30.2 Å². The van der Waals surface area contributed by atoms with Gasteiger partial charge in [-0.15, -0.1) is 0 Å². The maximum atomic E-state index is 13.0. The predicted molar refractivity (Wildman–Crippen MR) is 94.4 cm³/mol. The number of nitrogens with zero attached hydrogens (tertiary/aromatic N) is 5. The van der Waals surface area contributed by atoms with E-state index < -0.39 is 0 Å². The molecule has 2 aromatic heterocycles. The first kappa shape index (κ1) is 17.8. The molecule has 136 valence electrons. The van der Waals surface area contributed by atoms with Crippen LogP contribution < -0.4 is 5.32 Å². The van der Waals surface area contributed by atoms with Crippen molar-refractivity contribution in [3.63, 3.8) is 0 Å². The Bertz CT molecular complexity index is 841. The highest BCUT2D eigenvalue weighted by atomic mass is 19.1. The third-order valence-electron chi connectivity index (χ3n) is 4.09. The molecule has 3 rings (SSSR count). The van der Waals surface area contributed by atoms with E-state index in [4.69, 9.17) is 0 Å². The summed E-state index contributed by atoms with van der Waals surface area (Å²) in [5.41, 5.74) is 1.68. The summed E-state index contributed by atoms with van der Waals surface area (Å²) < 4.78 is 14.6. The molecular formula is C18H21FN6O. The molecule has 0 aliphatic carbocycles. The third-order valence-corrected chi connectivity index (χ3v) is 4.09. The van der Waals surface area contributed by atoms with Gasteiger partial charge in [-0.3, -0.25) is 9.48 Å². The first-order chi connectivity index (χ1) is 12.5. The van der Waals surface area contributed by atoms with Crippen molar-refractivity contribution >= 4 is 5.91 Å². The van der Waals surface area contributed by atoms with E-state index >= 15 is 0 Å². The van der Waals surface area contributed by atoms with Crippen LogP contribution in [0.2, 0.25) is 0 Å². The Morgan fingerprint density at radius 3 is 2.46 bits per heavy atom. The minimum absolute atomic E-state index is 0.0815. The summed E-state index contributed by atoms with van der Waals surface area (Å²) >= 11 is 0. The zero-order chi connectivity index (χ0) is 18.5. The van der Waals surface area contributed by atoms with Crippen LogP contribution in [-0.2, 0) is 17.9 Å². The van der Waals surface area contributed by atoms with Gasteiger partial charge in [0.1, 0.15) is 12.4 Å². The number of hydrogen-bond donors (Lipinski definition) is 1. The number of carbonyl (C=O) groups excluding carboxylic acids is 1. The highest BCUT2D eigenvalue weighted by Gasteiger charge is 2.18. The molecule has 2 heterocycles. The zero-order valence-electron chi connectivity index (χ0n) is 14.7. The second kappa shape index (κ2) is 7.90. The van der Waals surface area contributed by atoms with Crippen molar-refractivity contribution in [2.75, 3.05) is 0 Å². The van der Waals surface area contributed by atoms with Crippen LogP contribution in [0, 0.1) is 11.7 Å². The third kappa shape index (κ3) is 4.53. The van der Waals surface area contributed by atoms with E-state index in [1.807, 2.05) is 13.8 Å². The molecule has 1 amide bonds. The summed E-state index contributed by atoms with van der Waals surface area (Å²) in [4.78, 5) is 13.9. The van der Waals surface area contributed by atoms with Gasteiger partial charge in [0.2, 0.25) is 5.91 Å². The monoisotopic (exact) mass is 356 g/mol. The SMILES string of the molecule is CC(C)C(Cn1nccn1)NC(=O)Cn1cc(-c2ccc(F)cc2)cn1. The fourth-order valence-electron chi connectivity index (χ4n) is 2.58. The summed E-state index contributed by atoms with van der Waals surface area (Å²) in [6.45, 7) is 4.69. The quantitative estimate of drug-likeness (QED) is 0.703. The number of amides is 1. The van der Waals surface area contributed by atoms with Crippen LogP contribution >= 0.6 is 0 Å². The molecule has 26 heavy (non-hydrogen) atoms. The Morgan fingerprint density at radius 2 is 1.81 bits per heavy atom. The van der Waals surface area contributed by atoms with Crippen molar-refractivity contribution in [3.05, 3.63) is 54.9 Å². The van der Waals surface area contributed by atoms with Crippen molar-refractivity contribution in [1.29, 1.82) is 0 Å². The number of carbonyl (C=O) groups is 1. The Kier molecular flexibility index (Phi) is 5.40. The first-order valence-electron chi connectivity index (χ1n) is 8.43. The van der Waals surface area contributed by atoms with E-state index in [2.05, 4.69) is 20.6 Å². The van der Waals surface area contributed by atoms with E-state index in [0.717, 1.165) is 11.1 Å². The average Bonchev–Trinajstić information content (AvgIpc) is 3.27. The van der Waals surface area contributed by atoms with Gasteiger partial charge in [0.05, 0.1) is 31.2 Å². The van der Waals surface area contributed by atoms with Crippen LogP contribution in [0.25, 0.3) is 11.1 Å². The number of hydrogen-bond acceptors (Lipinski definition) is 4. The minimum Gasteiger partial charge on any atom is -0.350 e. The lowest BCUT2D eigenvalue weighted by molar-refractivity contribution is -0.123. The maximum absolute atomic E-state index is 13.0. The van der Waals surface area contributed by atoms with Gasteiger partial charge in [0.25, 0.3) is 0 Å². The minimum atomic E-state index is -0.285. The fourth-order valence-corrected chi connectivity index (χ4v) is 2.58. The van der Waals surface area contributed by atoms with Crippen LogP contribution in [0.4, 0.5) is 4.39 Å². The average molecular weight is 356 g/mol. The Hall–Kier alpha value is -3.03. The molecule has 1 aromatic carbocycles. The molecule has 0 radical (unpaired) electrons. The molecule has 0 aliphatic heterocycles. The molecule has 0 aliphatic rings. The number of nitrogens with one attached hydrogen (secondary N) is 1. The molecular weight excluding hydrogens is 335 g/mol. The summed E-state index contributed by atoms with van der Waals surface area (Å²) in [6, 6.07) is 6.08. The second-order valence-corrected chi connectivity index (χ2v) is 6.44. The number of aromatic nitrogens is 5. The Balaban J connectivity index is 1.61. The van der Waals surface area contributed by atoms with Gasteiger partial charge in [0, 0.05) is 11.8 Å². The van der Waals surface area contributed by atoms with Crippen LogP contribution in [0.5, 0.6) is 0 Å². The van der Waals surface area contributed by atoms with Gasteiger partial charge in [-0.05, 0) is 23.6 Å². The van der Waals surface area contributed by atoms with Gasteiger partial charge >= 0.3 is 0 Å². The smallest absolute Gasteiger partial charge is 0.242 e. The lowest BCUT2D eigenvalue weighted by Gasteiger charge is -2.21. The summed E-state index contributed by atoms with van der Waals surface area (Å²) in [6.07, 6.45) is 6.65. The second-order valence-electron chi connectivity index (χ2n) is 6.44. The molecule has 0 fully saturated rings. The topological polar surface area (TPSA) is 77.6 Å². The summed E-state index contributed by atoms with van der Waals surface area (Å²) in [5, 5.41) is 15.4. The van der Waals surface area contributed by atoms with Crippen molar-refractivity contribution in [3.8, 4) is 11.1 Å². The van der Waals surface area contributed by atoms with Crippen LogP contribution in [0.15, 0.2) is 49.1 Å². The number of rotatable bonds is 7. The molecule has 1 unspecified atom stereocenters.